The van der Waals surface area contributed by atoms with Crippen LogP contribution in [-0.4, -0.2) is 15.6 Å². The molecule has 0 fully saturated rings. The molecule has 0 aliphatic heterocycles. The highest BCUT2D eigenvalue weighted by Gasteiger charge is 2.32. The molecule has 4 nitrogen and oxygen atoms in total. The van der Waals surface area contributed by atoms with Crippen molar-refractivity contribution in [2.45, 2.75) is 25.6 Å². The summed E-state index contributed by atoms with van der Waals surface area (Å²) in [7, 11) is 0. The van der Waals surface area contributed by atoms with Gasteiger partial charge in [0.25, 0.3) is 0 Å². The van der Waals surface area contributed by atoms with Crippen molar-refractivity contribution in [3.8, 4) is 0 Å². The maximum absolute atomic E-state index is 12.2. The molecule has 1 rings (SSSR count). The average Bonchev–Trinajstić information content (AvgIpc) is 2.52. The normalized spacial score (nSPS) is 13.9. The Morgan fingerprint density at radius 1 is 1.67 bits per heavy atom. The molecule has 1 unspecified atom stereocenters. The van der Waals surface area contributed by atoms with Crippen LogP contribution < -0.4 is 5.73 Å². The van der Waals surface area contributed by atoms with Gasteiger partial charge in [-0.3, -0.25) is 10.1 Å². The van der Waals surface area contributed by atoms with E-state index in [0.29, 0.717) is 6.42 Å². The summed E-state index contributed by atoms with van der Waals surface area (Å²) in [6.07, 6.45) is -2.40. The van der Waals surface area contributed by atoms with Crippen LogP contribution in [0.3, 0.4) is 0 Å². The third-order valence-electron chi connectivity index (χ3n) is 1.99. The Morgan fingerprint density at radius 2 is 2.27 bits per heavy atom. The SMILES string of the molecule is CCC(C(=N)N)n1cc(C(F)(F)F)cn1. The first-order valence-electron chi connectivity index (χ1n) is 4.31. The molecule has 0 aromatic carbocycles. The Labute approximate surface area is 84.4 Å². The van der Waals surface area contributed by atoms with Crippen LogP contribution in [0, 0.1) is 5.41 Å². The van der Waals surface area contributed by atoms with E-state index < -0.39 is 17.8 Å². The van der Waals surface area contributed by atoms with E-state index in [1.807, 2.05) is 0 Å². The fourth-order valence-corrected chi connectivity index (χ4v) is 1.20. The second-order valence-electron chi connectivity index (χ2n) is 3.09. The predicted octanol–water partition coefficient (Wildman–Crippen LogP) is 1.79. The molecule has 0 aliphatic rings. The molecular weight excluding hydrogens is 209 g/mol. The van der Waals surface area contributed by atoms with Gasteiger partial charge in [0.15, 0.2) is 0 Å². The van der Waals surface area contributed by atoms with Gasteiger partial charge in [-0.15, -0.1) is 0 Å². The van der Waals surface area contributed by atoms with Gasteiger partial charge in [-0.2, -0.15) is 18.3 Å². The highest BCUT2D eigenvalue weighted by atomic mass is 19.4. The van der Waals surface area contributed by atoms with Gasteiger partial charge in [0, 0.05) is 6.20 Å². The van der Waals surface area contributed by atoms with Crippen LogP contribution >= 0.6 is 0 Å². The molecule has 1 aromatic rings. The van der Waals surface area contributed by atoms with Crippen LogP contribution in [0.5, 0.6) is 0 Å². The molecule has 0 radical (unpaired) electrons. The van der Waals surface area contributed by atoms with Gasteiger partial charge in [-0.1, -0.05) is 6.92 Å². The van der Waals surface area contributed by atoms with E-state index in [9.17, 15) is 13.2 Å². The van der Waals surface area contributed by atoms with Gasteiger partial charge < -0.3 is 5.73 Å². The molecular formula is C8H11F3N4. The molecule has 0 bridgehead atoms. The quantitative estimate of drug-likeness (QED) is 0.602. The Hall–Kier alpha value is -1.53. The predicted molar refractivity (Wildman–Crippen MR) is 48.5 cm³/mol. The maximum Gasteiger partial charge on any atom is 0.419 e. The summed E-state index contributed by atoms with van der Waals surface area (Å²) >= 11 is 0. The summed E-state index contributed by atoms with van der Waals surface area (Å²) in [5.41, 5.74) is 4.41. The van der Waals surface area contributed by atoms with Gasteiger partial charge >= 0.3 is 6.18 Å². The summed E-state index contributed by atoms with van der Waals surface area (Å²) in [6.45, 7) is 1.72. The molecule has 1 heterocycles. The number of hydrogen-bond donors (Lipinski definition) is 2. The molecule has 0 spiro atoms. The number of nitrogens with two attached hydrogens (primary N) is 1. The van der Waals surface area contributed by atoms with Crippen LogP contribution in [0.25, 0.3) is 0 Å². The lowest BCUT2D eigenvalue weighted by Crippen LogP contribution is -2.25. The number of nitrogens with zero attached hydrogens (tertiary/aromatic N) is 2. The molecule has 84 valence electrons. The standard InChI is InChI=1S/C8H11F3N4/c1-2-6(7(12)13)15-4-5(3-14-15)8(9,10)11/h3-4,6H,2H2,1H3,(H3,12,13). The van der Waals surface area contributed by atoms with Crippen LogP contribution in [0.4, 0.5) is 13.2 Å². The molecule has 0 saturated heterocycles. The smallest absolute Gasteiger partial charge is 0.386 e. The van der Waals surface area contributed by atoms with Crippen LogP contribution in [-0.2, 0) is 6.18 Å². The molecule has 1 aromatic heterocycles. The van der Waals surface area contributed by atoms with Gasteiger partial charge in [0.2, 0.25) is 0 Å². The van der Waals surface area contributed by atoms with Crippen LogP contribution in [0.2, 0.25) is 0 Å². The summed E-state index contributed by atoms with van der Waals surface area (Å²) in [6, 6.07) is -0.610. The number of rotatable bonds is 3. The van der Waals surface area contributed by atoms with Crippen molar-refractivity contribution >= 4 is 5.84 Å². The summed E-state index contributed by atoms with van der Waals surface area (Å²) in [5.74, 6) is -0.200. The molecule has 1 atom stereocenters. The summed E-state index contributed by atoms with van der Waals surface area (Å²) < 4.78 is 37.8. The summed E-state index contributed by atoms with van der Waals surface area (Å²) in [4.78, 5) is 0. The number of aromatic nitrogens is 2. The Balaban J connectivity index is 2.97. The molecule has 0 amide bonds. The lowest BCUT2D eigenvalue weighted by atomic mass is 10.2. The third kappa shape index (κ3) is 2.48. The van der Waals surface area contributed by atoms with E-state index in [1.165, 1.54) is 0 Å². The van der Waals surface area contributed by atoms with Crippen molar-refractivity contribution in [2.24, 2.45) is 5.73 Å². The Kier molecular flexibility index (Phi) is 3.01. The highest BCUT2D eigenvalue weighted by Crippen LogP contribution is 2.29. The van der Waals surface area contributed by atoms with Crippen molar-refractivity contribution in [1.29, 1.82) is 5.41 Å². The minimum Gasteiger partial charge on any atom is -0.386 e. The molecule has 15 heavy (non-hydrogen) atoms. The lowest BCUT2D eigenvalue weighted by Gasteiger charge is -2.13. The second kappa shape index (κ2) is 3.92. The van der Waals surface area contributed by atoms with Crippen molar-refractivity contribution in [2.75, 3.05) is 0 Å². The van der Waals surface area contributed by atoms with Gasteiger partial charge in [-0.25, -0.2) is 0 Å². The van der Waals surface area contributed by atoms with E-state index in [4.69, 9.17) is 11.1 Å². The monoisotopic (exact) mass is 220 g/mol. The van der Waals surface area contributed by atoms with Crippen molar-refractivity contribution in [1.82, 2.24) is 9.78 Å². The second-order valence-corrected chi connectivity index (χ2v) is 3.09. The molecule has 0 saturated carbocycles. The van der Waals surface area contributed by atoms with Crippen molar-refractivity contribution in [3.63, 3.8) is 0 Å². The molecule has 0 aliphatic carbocycles. The fraction of sp³-hybridized carbons (Fsp3) is 0.500. The van der Waals surface area contributed by atoms with E-state index in [1.54, 1.807) is 6.92 Å². The number of alkyl halides is 3. The third-order valence-corrected chi connectivity index (χ3v) is 1.99. The fourth-order valence-electron chi connectivity index (χ4n) is 1.20. The number of amidine groups is 1. The number of halogens is 3. The number of nitrogens with one attached hydrogen (secondary N) is 1. The first-order chi connectivity index (χ1) is 6.86. The van der Waals surface area contributed by atoms with Gasteiger partial charge in [0.05, 0.1) is 11.8 Å². The van der Waals surface area contributed by atoms with E-state index in [0.717, 1.165) is 17.1 Å². The van der Waals surface area contributed by atoms with Gasteiger partial charge in [0.1, 0.15) is 11.9 Å². The molecule has 7 heteroatoms. The van der Waals surface area contributed by atoms with E-state index in [2.05, 4.69) is 5.10 Å². The Morgan fingerprint density at radius 3 is 2.60 bits per heavy atom. The zero-order chi connectivity index (χ0) is 11.6. The van der Waals surface area contributed by atoms with Crippen molar-refractivity contribution < 1.29 is 13.2 Å². The maximum atomic E-state index is 12.2. The molecule has 3 N–H and O–H groups in total. The topological polar surface area (TPSA) is 67.7 Å². The van der Waals surface area contributed by atoms with E-state index >= 15 is 0 Å². The largest absolute Gasteiger partial charge is 0.419 e. The zero-order valence-electron chi connectivity index (χ0n) is 8.04. The lowest BCUT2D eigenvalue weighted by molar-refractivity contribution is -0.137. The average molecular weight is 220 g/mol. The first kappa shape index (κ1) is 11.5. The Bertz CT molecular complexity index is 355. The van der Waals surface area contributed by atoms with Crippen molar-refractivity contribution in [3.05, 3.63) is 18.0 Å². The van der Waals surface area contributed by atoms with Crippen LogP contribution in [0.15, 0.2) is 12.4 Å². The van der Waals surface area contributed by atoms with Crippen LogP contribution in [0.1, 0.15) is 24.9 Å². The highest BCUT2D eigenvalue weighted by molar-refractivity contribution is 5.81. The first-order valence-corrected chi connectivity index (χ1v) is 4.31. The van der Waals surface area contributed by atoms with E-state index in [-0.39, 0.29) is 5.84 Å². The van der Waals surface area contributed by atoms with Gasteiger partial charge in [-0.05, 0) is 6.42 Å². The minimum absolute atomic E-state index is 0.200. The minimum atomic E-state index is -4.41. The zero-order valence-corrected chi connectivity index (χ0v) is 8.04. The summed E-state index contributed by atoms with van der Waals surface area (Å²) in [5, 5.41) is 10.7. The number of hydrogen-bond acceptors (Lipinski definition) is 2.